The zero-order valence-corrected chi connectivity index (χ0v) is 19.6. The van der Waals surface area contributed by atoms with Crippen molar-refractivity contribution in [2.45, 2.75) is 0 Å². The second-order valence-electron chi connectivity index (χ2n) is 7.90. The smallest absolute Gasteiger partial charge is 0.164 e. The van der Waals surface area contributed by atoms with E-state index in [4.69, 9.17) is 26.6 Å². The molecule has 4 aromatic carbocycles. The molecule has 0 aliphatic heterocycles. The molecule has 162 valence electrons. The van der Waals surface area contributed by atoms with Gasteiger partial charge < -0.3 is 0 Å². The first-order valence-corrected chi connectivity index (χ1v) is 12.1. The summed E-state index contributed by atoms with van der Waals surface area (Å²) in [4.78, 5) is 14.5. The molecule has 2 heterocycles. The van der Waals surface area contributed by atoms with Crippen LogP contribution >= 0.6 is 22.9 Å². The molecule has 34 heavy (non-hydrogen) atoms. The van der Waals surface area contributed by atoms with E-state index in [1.807, 2.05) is 72.8 Å². The maximum absolute atomic E-state index is 6.62. The summed E-state index contributed by atoms with van der Waals surface area (Å²) in [5.41, 5.74) is 4.91. The van der Waals surface area contributed by atoms with Crippen LogP contribution in [0.25, 0.3) is 55.4 Å². The molecule has 6 rings (SSSR count). The number of rotatable bonds is 4. The Kier molecular flexibility index (Phi) is 5.38. The number of aromatic nitrogens is 3. The lowest BCUT2D eigenvalue weighted by atomic mass is 10.00. The van der Waals surface area contributed by atoms with Crippen LogP contribution in [-0.4, -0.2) is 15.0 Å². The van der Waals surface area contributed by atoms with E-state index in [0.29, 0.717) is 22.5 Å². The fourth-order valence-electron chi connectivity index (χ4n) is 4.06. The van der Waals surface area contributed by atoms with Crippen molar-refractivity contribution in [2.24, 2.45) is 0 Å². The molecule has 2 aromatic heterocycles. The summed E-state index contributed by atoms with van der Waals surface area (Å²) < 4.78 is 1.25. The van der Waals surface area contributed by atoms with E-state index in [0.717, 1.165) is 27.8 Å². The van der Waals surface area contributed by atoms with Crippen molar-refractivity contribution in [3.63, 3.8) is 0 Å². The summed E-state index contributed by atoms with van der Waals surface area (Å²) in [6.45, 7) is 0. The number of thiophene rings is 1. The fourth-order valence-corrected chi connectivity index (χ4v) is 5.11. The molecule has 0 aliphatic rings. The van der Waals surface area contributed by atoms with E-state index in [-0.39, 0.29) is 0 Å². The molecule has 3 nitrogen and oxygen atoms in total. The van der Waals surface area contributed by atoms with Crippen LogP contribution in [0.2, 0.25) is 5.02 Å². The first-order valence-electron chi connectivity index (χ1n) is 10.9. The lowest BCUT2D eigenvalue weighted by Crippen LogP contribution is -2.00. The lowest BCUT2D eigenvalue weighted by molar-refractivity contribution is 1.07. The largest absolute Gasteiger partial charge is 0.208 e. The molecular weight excluding hydrogens is 458 g/mol. The SMILES string of the molecule is Clc1cc(-c2nc(-c3ccccc3)nc(-c3ccccc3)n2)cc(-c2cccc3sccc23)c1. The monoisotopic (exact) mass is 475 g/mol. The van der Waals surface area contributed by atoms with Gasteiger partial charge in [0.1, 0.15) is 0 Å². The van der Waals surface area contributed by atoms with Crippen molar-refractivity contribution in [1.82, 2.24) is 15.0 Å². The van der Waals surface area contributed by atoms with Gasteiger partial charge in [-0.3, -0.25) is 0 Å². The Labute approximate surface area is 206 Å². The number of halogens is 1. The van der Waals surface area contributed by atoms with Crippen molar-refractivity contribution < 1.29 is 0 Å². The van der Waals surface area contributed by atoms with E-state index >= 15 is 0 Å². The fraction of sp³-hybridized carbons (Fsp3) is 0. The van der Waals surface area contributed by atoms with Crippen LogP contribution < -0.4 is 0 Å². The summed E-state index contributed by atoms with van der Waals surface area (Å²) in [5, 5.41) is 3.97. The molecule has 0 atom stereocenters. The summed E-state index contributed by atoms with van der Waals surface area (Å²) in [6.07, 6.45) is 0. The van der Waals surface area contributed by atoms with Gasteiger partial charge in [0.15, 0.2) is 17.5 Å². The van der Waals surface area contributed by atoms with Gasteiger partial charge in [-0.2, -0.15) is 0 Å². The van der Waals surface area contributed by atoms with Gasteiger partial charge in [-0.15, -0.1) is 11.3 Å². The van der Waals surface area contributed by atoms with Gasteiger partial charge in [-0.1, -0.05) is 84.4 Å². The van der Waals surface area contributed by atoms with Crippen LogP contribution in [0.4, 0.5) is 0 Å². The highest BCUT2D eigenvalue weighted by Gasteiger charge is 2.14. The van der Waals surface area contributed by atoms with Gasteiger partial charge >= 0.3 is 0 Å². The topological polar surface area (TPSA) is 38.7 Å². The third kappa shape index (κ3) is 3.98. The predicted octanol–water partition coefficient (Wildman–Crippen LogP) is 8.41. The summed E-state index contributed by atoms with van der Waals surface area (Å²) in [5.74, 6) is 1.85. The minimum Gasteiger partial charge on any atom is -0.208 e. The molecule has 0 spiro atoms. The van der Waals surface area contributed by atoms with Crippen molar-refractivity contribution >= 4 is 33.0 Å². The number of hydrogen-bond donors (Lipinski definition) is 0. The zero-order chi connectivity index (χ0) is 22.9. The summed E-state index contributed by atoms with van der Waals surface area (Å²) in [6, 6.07) is 34.5. The lowest BCUT2D eigenvalue weighted by Gasteiger charge is -2.11. The maximum Gasteiger partial charge on any atom is 0.164 e. The molecule has 0 amide bonds. The third-order valence-electron chi connectivity index (χ3n) is 5.66. The Bertz CT molecular complexity index is 1550. The highest BCUT2D eigenvalue weighted by molar-refractivity contribution is 7.17. The van der Waals surface area contributed by atoms with Crippen molar-refractivity contribution in [1.29, 1.82) is 0 Å². The summed E-state index contributed by atoms with van der Waals surface area (Å²) in [7, 11) is 0. The normalized spacial score (nSPS) is 11.1. The van der Waals surface area contributed by atoms with Crippen LogP contribution in [-0.2, 0) is 0 Å². The Morgan fingerprint density at radius 1 is 0.529 bits per heavy atom. The van der Waals surface area contributed by atoms with Crippen molar-refractivity contribution in [2.75, 3.05) is 0 Å². The number of benzene rings is 4. The van der Waals surface area contributed by atoms with E-state index in [2.05, 4.69) is 35.7 Å². The first kappa shape index (κ1) is 20.7. The van der Waals surface area contributed by atoms with E-state index in [1.54, 1.807) is 11.3 Å². The van der Waals surface area contributed by atoms with Crippen LogP contribution in [0.3, 0.4) is 0 Å². The molecule has 0 radical (unpaired) electrons. The van der Waals surface area contributed by atoms with E-state index < -0.39 is 0 Å². The minimum atomic E-state index is 0.592. The average Bonchev–Trinajstić information content (AvgIpc) is 3.38. The molecule has 5 heteroatoms. The second-order valence-corrected chi connectivity index (χ2v) is 9.29. The third-order valence-corrected chi connectivity index (χ3v) is 6.76. The number of hydrogen-bond acceptors (Lipinski definition) is 4. The predicted molar refractivity (Wildman–Crippen MR) is 142 cm³/mol. The first-order chi connectivity index (χ1) is 16.7. The second kappa shape index (κ2) is 8.82. The highest BCUT2D eigenvalue weighted by atomic mass is 35.5. The van der Waals surface area contributed by atoms with E-state index in [9.17, 15) is 0 Å². The zero-order valence-electron chi connectivity index (χ0n) is 18.0. The molecule has 0 unspecified atom stereocenters. The van der Waals surface area contributed by atoms with Crippen LogP contribution in [0, 0.1) is 0 Å². The standard InChI is InChI=1S/C29H18ClN3S/c30-23-17-21(24-12-7-13-26-25(24)14-15-34-26)16-22(18-23)29-32-27(19-8-3-1-4-9-19)31-28(33-29)20-10-5-2-6-11-20/h1-18H. The summed E-state index contributed by atoms with van der Waals surface area (Å²) >= 11 is 8.35. The van der Waals surface area contributed by atoms with Gasteiger partial charge in [0, 0.05) is 31.8 Å². The van der Waals surface area contributed by atoms with Gasteiger partial charge in [0.05, 0.1) is 0 Å². The molecule has 0 fully saturated rings. The Morgan fingerprint density at radius 3 is 1.76 bits per heavy atom. The van der Waals surface area contributed by atoms with Crippen LogP contribution in [0.5, 0.6) is 0 Å². The molecule has 0 N–H and O–H groups in total. The van der Waals surface area contributed by atoms with Gasteiger partial charge in [-0.25, -0.2) is 15.0 Å². The van der Waals surface area contributed by atoms with Crippen LogP contribution in [0.15, 0.2) is 109 Å². The van der Waals surface area contributed by atoms with E-state index in [1.165, 1.54) is 10.1 Å². The molecule has 0 aliphatic carbocycles. The van der Waals surface area contributed by atoms with Crippen molar-refractivity contribution in [3.8, 4) is 45.3 Å². The average molecular weight is 476 g/mol. The number of nitrogens with zero attached hydrogens (tertiary/aromatic N) is 3. The molecule has 0 saturated carbocycles. The number of fused-ring (bicyclic) bond motifs is 1. The Balaban J connectivity index is 1.55. The Hall–Kier alpha value is -3.86. The van der Waals surface area contributed by atoms with Crippen molar-refractivity contribution in [3.05, 3.63) is 114 Å². The maximum atomic E-state index is 6.62. The van der Waals surface area contributed by atoms with Gasteiger partial charge in [0.25, 0.3) is 0 Å². The van der Waals surface area contributed by atoms with Crippen LogP contribution in [0.1, 0.15) is 0 Å². The van der Waals surface area contributed by atoms with Gasteiger partial charge in [0.2, 0.25) is 0 Å². The molecular formula is C29H18ClN3S. The Morgan fingerprint density at radius 2 is 1.12 bits per heavy atom. The quantitative estimate of drug-likeness (QED) is 0.257. The molecule has 6 aromatic rings. The molecule has 0 saturated heterocycles. The molecule has 0 bridgehead atoms. The highest BCUT2D eigenvalue weighted by Crippen LogP contribution is 2.35. The van der Waals surface area contributed by atoms with Gasteiger partial charge in [-0.05, 0) is 46.8 Å². The minimum absolute atomic E-state index is 0.592.